The summed E-state index contributed by atoms with van der Waals surface area (Å²) in [5, 5.41) is 0. The van der Waals surface area contributed by atoms with Gasteiger partial charge in [0.05, 0.1) is 6.26 Å². The first-order valence-corrected chi connectivity index (χ1v) is 3.15. The maximum absolute atomic E-state index is 11.0. The molecule has 0 spiro atoms. The number of hydrogen-bond acceptors (Lipinski definition) is 2. The van der Waals surface area contributed by atoms with Gasteiger partial charge >= 0.3 is 0 Å². The molecule has 0 aromatic carbocycles. The van der Waals surface area contributed by atoms with Crippen LogP contribution in [0.2, 0.25) is 0 Å². The molecule has 0 bridgehead atoms. The highest BCUT2D eigenvalue weighted by Crippen LogP contribution is 2.13. The second kappa shape index (κ2) is 1.84. The lowest BCUT2D eigenvalue weighted by Crippen LogP contribution is -2.04. The molecule has 2 nitrogen and oxygen atoms in total. The van der Waals surface area contributed by atoms with E-state index in [4.69, 9.17) is 4.42 Å². The zero-order chi connectivity index (χ0) is 6.97. The van der Waals surface area contributed by atoms with Crippen molar-refractivity contribution >= 4 is 6.08 Å². The van der Waals surface area contributed by atoms with E-state index in [1.807, 2.05) is 12.2 Å². The second-order valence-corrected chi connectivity index (χ2v) is 2.23. The van der Waals surface area contributed by atoms with Gasteiger partial charge in [0.1, 0.15) is 5.76 Å². The van der Waals surface area contributed by atoms with Crippen LogP contribution in [-0.4, -0.2) is 0 Å². The van der Waals surface area contributed by atoms with Crippen LogP contribution in [-0.2, 0) is 6.42 Å². The van der Waals surface area contributed by atoms with Gasteiger partial charge in [-0.25, -0.2) is 0 Å². The molecule has 0 saturated heterocycles. The Kier molecular flexibility index (Phi) is 1.01. The summed E-state index contributed by atoms with van der Waals surface area (Å²) < 4.78 is 5.06. The molecule has 0 amide bonds. The van der Waals surface area contributed by atoms with Gasteiger partial charge in [0.2, 0.25) is 0 Å². The molecule has 0 saturated carbocycles. The Morgan fingerprint density at radius 2 is 2.40 bits per heavy atom. The van der Waals surface area contributed by atoms with Crippen LogP contribution in [0.15, 0.2) is 27.6 Å². The van der Waals surface area contributed by atoms with Crippen LogP contribution in [0.5, 0.6) is 0 Å². The summed E-state index contributed by atoms with van der Waals surface area (Å²) >= 11 is 0. The summed E-state index contributed by atoms with van der Waals surface area (Å²) in [6, 6.07) is 1.45. The minimum Gasteiger partial charge on any atom is -0.464 e. The van der Waals surface area contributed by atoms with E-state index in [-0.39, 0.29) is 5.43 Å². The Balaban J connectivity index is 2.77. The Labute approximate surface area is 57.8 Å². The molecule has 1 heterocycles. The summed E-state index contributed by atoms with van der Waals surface area (Å²) in [6.45, 7) is 0. The molecule has 0 fully saturated rings. The van der Waals surface area contributed by atoms with E-state index in [9.17, 15) is 4.79 Å². The van der Waals surface area contributed by atoms with Crippen molar-refractivity contribution in [1.29, 1.82) is 0 Å². The van der Waals surface area contributed by atoms with E-state index in [0.717, 1.165) is 12.0 Å². The third-order valence-corrected chi connectivity index (χ3v) is 1.60. The van der Waals surface area contributed by atoms with E-state index >= 15 is 0 Å². The molecule has 1 aliphatic carbocycles. The van der Waals surface area contributed by atoms with Crippen LogP contribution in [0.1, 0.15) is 11.3 Å². The van der Waals surface area contributed by atoms with Crippen molar-refractivity contribution in [1.82, 2.24) is 0 Å². The third-order valence-electron chi connectivity index (χ3n) is 1.60. The highest BCUT2D eigenvalue weighted by Gasteiger charge is 2.08. The zero-order valence-electron chi connectivity index (χ0n) is 5.33. The van der Waals surface area contributed by atoms with Gasteiger partial charge in [-0.1, -0.05) is 6.08 Å². The molecule has 0 unspecified atom stereocenters. The van der Waals surface area contributed by atoms with E-state index in [2.05, 4.69) is 0 Å². The predicted molar refractivity (Wildman–Crippen MR) is 37.7 cm³/mol. The average molecular weight is 134 g/mol. The maximum Gasteiger partial charge on any atom is 0.188 e. The molecule has 0 atom stereocenters. The summed E-state index contributed by atoms with van der Waals surface area (Å²) in [6.07, 6.45) is 5.90. The standard InChI is InChI=1S/C8H6O2/c9-7-4-5-10-8-3-1-2-6(7)8/h1,3-5H,2H2. The molecule has 1 aromatic heterocycles. The zero-order valence-corrected chi connectivity index (χ0v) is 5.33. The fourth-order valence-corrected chi connectivity index (χ4v) is 1.09. The molecule has 0 aliphatic heterocycles. The molecule has 1 aromatic rings. The summed E-state index contributed by atoms with van der Waals surface area (Å²) in [5.74, 6) is 0.715. The van der Waals surface area contributed by atoms with Gasteiger partial charge < -0.3 is 4.42 Å². The van der Waals surface area contributed by atoms with Gasteiger partial charge in [-0.2, -0.15) is 0 Å². The highest BCUT2D eigenvalue weighted by atomic mass is 16.3. The first-order valence-electron chi connectivity index (χ1n) is 3.15. The van der Waals surface area contributed by atoms with E-state index in [1.54, 1.807) is 0 Å². The topological polar surface area (TPSA) is 30.2 Å². The van der Waals surface area contributed by atoms with Crippen LogP contribution < -0.4 is 5.43 Å². The van der Waals surface area contributed by atoms with Crippen molar-refractivity contribution in [3.8, 4) is 0 Å². The number of allylic oxidation sites excluding steroid dienone is 1. The Morgan fingerprint density at radius 1 is 1.50 bits per heavy atom. The maximum atomic E-state index is 11.0. The molecule has 50 valence electrons. The van der Waals surface area contributed by atoms with Crippen LogP contribution in [0.4, 0.5) is 0 Å². The van der Waals surface area contributed by atoms with Gasteiger partial charge in [-0.3, -0.25) is 4.79 Å². The number of rotatable bonds is 0. The van der Waals surface area contributed by atoms with Gasteiger partial charge in [0, 0.05) is 11.6 Å². The van der Waals surface area contributed by atoms with Crippen molar-refractivity contribution in [3.63, 3.8) is 0 Å². The van der Waals surface area contributed by atoms with Crippen LogP contribution in [0.25, 0.3) is 6.08 Å². The van der Waals surface area contributed by atoms with Crippen molar-refractivity contribution in [2.45, 2.75) is 6.42 Å². The SMILES string of the molecule is O=c1ccoc2c1CC=C2. The monoisotopic (exact) mass is 134 g/mol. The molecule has 10 heavy (non-hydrogen) atoms. The lowest BCUT2D eigenvalue weighted by atomic mass is 10.2. The fourth-order valence-electron chi connectivity index (χ4n) is 1.09. The van der Waals surface area contributed by atoms with E-state index < -0.39 is 0 Å². The summed E-state index contributed by atoms with van der Waals surface area (Å²) in [7, 11) is 0. The van der Waals surface area contributed by atoms with E-state index in [0.29, 0.717) is 5.76 Å². The minimum atomic E-state index is 0.0752. The highest BCUT2D eigenvalue weighted by molar-refractivity contribution is 5.53. The quantitative estimate of drug-likeness (QED) is 0.533. The van der Waals surface area contributed by atoms with Gasteiger partial charge in [-0.05, 0) is 12.5 Å². The Hall–Kier alpha value is -1.31. The molecule has 2 heteroatoms. The van der Waals surface area contributed by atoms with Crippen molar-refractivity contribution in [2.75, 3.05) is 0 Å². The summed E-state index contributed by atoms with van der Waals surface area (Å²) in [5.41, 5.74) is 0.855. The third kappa shape index (κ3) is 0.620. The molecule has 1 aliphatic rings. The van der Waals surface area contributed by atoms with E-state index in [1.165, 1.54) is 12.3 Å². The second-order valence-electron chi connectivity index (χ2n) is 2.23. The minimum absolute atomic E-state index is 0.0752. The molecule has 0 radical (unpaired) electrons. The normalized spacial score (nSPS) is 13.6. The largest absolute Gasteiger partial charge is 0.464 e. The van der Waals surface area contributed by atoms with Crippen molar-refractivity contribution < 1.29 is 4.42 Å². The van der Waals surface area contributed by atoms with Gasteiger partial charge in [0.15, 0.2) is 5.43 Å². The number of hydrogen-bond donors (Lipinski definition) is 0. The first kappa shape index (κ1) is 5.47. The number of fused-ring (bicyclic) bond motifs is 1. The Bertz CT molecular complexity index is 333. The van der Waals surface area contributed by atoms with Gasteiger partial charge in [0.25, 0.3) is 0 Å². The summed E-state index contributed by atoms with van der Waals surface area (Å²) in [4.78, 5) is 11.0. The van der Waals surface area contributed by atoms with Gasteiger partial charge in [-0.15, -0.1) is 0 Å². The van der Waals surface area contributed by atoms with Crippen molar-refractivity contribution in [2.24, 2.45) is 0 Å². The van der Waals surface area contributed by atoms with Crippen LogP contribution in [0.3, 0.4) is 0 Å². The van der Waals surface area contributed by atoms with Crippen molar-refractivity contribution in [3.05, 3.63) is 40.0 Å². The predicted octanol–water partition coefficient (Wildman–Crippen LogP) is 1.21. The smallest absolute Gasteiger partial charge is 0.188 e. The molecule has 0 N–H and O–H groups in total. The van der Waals surface area contributed by atoms with Crippen LogP contribution in [0, 0.1) is 0 Å². The van der Waals surface area contributed by atoms with Crippen LogP contribution >= 0.6 is 0 Å². The lowest BCUT2D eigenvalue weighted by Gasteiger charge is -1.91. The molecule has 2 rings (SSSR count). The average Bonchev–Trinajstić information content (AvgIpc) is 2.36. The fraction of sp³-hybridized carbons (Fsp3) is 0.125. The molecular weight excluding hydrogens is 128 g/mol. The molecular formula is C8H6O2. The first-order chi connectivity index (χ1) is 4.88. The Morgan fingerprint density at radius 3 is 3.20 bits per heavy atom. The lowest BCUT2D eigenvalue weighted by molar-refractivity contribution is 0.534.